The molecule has 1 aromatic rings. The Bertz CT molecular complexity index is 496. The number of nitrogens with one attached hydrogen (secondary N) is 1. The van der Waals surface area contributed by atoms with E-state index >= 15 is 0 Å². The van der Waals surface area contributed by atoms with Crippen LogP contribution >= 0.6 is 11.8 Å². The number of carbonyl (C=O) groups is 1. The highest BCUT2D eigenvalue weighted by Crippen LogP contribution is 2.32. The van der Waals surface area contributed by atoms with Gasteiger partial charge < -0.3 is 4.90 Å². The third kappa shape index (κ3) is 2.97. The first-order chi connectivity index (χ1) is 10.2. The number of thioether (sulfide) groups is 1. The molecule has 3 atom stereocenters. The van der Waals surface area contributed by atoms with Crippen molar-refractivity contribution in [1.82, 2.24) is 10.2 Å². The van der Waals surface area contributed by atoms with Crippen LogP contribution in [0.25, 0.3) is 0 Å². The van der Waals surface area contributed by atoms with E-state index in [0.717, 1.165) is 18.6 Å². The molecule has 1 amide bonds. The minimum atomic E-state index is -0.0761. The van der Waals surface area contributed by atoms with Crippen molar-refractivity contribution in [3.05, 3.63) is 35.4 Å². The molecule has 2 aliphatic rings. The Morgan fingerprint density at radius 3 is 2.71 bits per heavy atom. The smallest absolute Gasteiger partial charge is 0.241 e. The van der Waals surface area contributed by atoms with E-state index < -0.39 is 0 Å². The van der Waals surface area contributed by atoms with Crippen LogP contribution in [0.5, 0.6) is 0 Å². The summed E-state index contributed by atoms with van der Waals surface area (Å²) in [5, 5.41) is 3.47. The molecule has 2 aliphatic heterocycles. The van der Waals surface area contributed by atoms with Gasteiger partial charge in [-0.15, -0.1) is 0 Å². The molecule has 2 heterocycles. The van der Waals surface area contributed by atoms with Gasteiger partial charge in [-0.3, -0.25) is 10.1 Å². The standard InChI is InChI=1S/C17H24N2OS/c1-3-13-6-8-14(9-7-13)16-18-12(2)17(20)19(16)15-5-4-10-21-11-15/h6-9,12,15-16,18H,3-5,10-11H2,1-2H3. The predicted molar refractivity (Wildman–Crippen MR) is 88.4 cm³/mol. The van der Waals surface area contributed by atoms with Crippen molar-refractivity contribution in [3.8, 4) is 0 Å². The van der Waals surface area contributed by atoms with Crippen molar-refractivity contribution in [2.75, 3.05) is 11.5 Å². The first kappa shape index (κ1) is 14.9. The largest absolute Gasteiger partial charge is 0.318 e. The molecule has 3 unspecified atom stereocenters. The summed E-state index contributed by atoms with van der Waals surface area (Å²) in [6.45, 7) is 4.14. The molecule has 21 heavy (non-hydrogen) atoms. The summed E-state index contributed by atoms with van der Waals surface area (Å²) in [6, 6.07) is 9.00. The lowest BCUT2D eigenvalue weighted by atomic mass is 10.1. The summed E-state index contributed by atoms with van der Waals surface area (Å²) < 4.78 is 0. The van der Waals surface area contributed by atoms with Gasteiger partial charge in [-0.2, -0.15) is 11.8 Å². The Balaban J connectivity index is 1.85. The number of amides is 1. The van der Waals surface area contributed by atoms with Crippen LogP contribution in [0.4, 0.5) is 0 Å². The zero-order valence-corrected chi connectivity index (χ0v) is 13.7. The maximum absolute atomic E-state index is 12.6. The van der Waals surface area contributed by atoms with E-state index in [1.165, 1.54) is 23.3 Å². The molecular formula is C17H24N2OS. The van der Waals surface area contributed by atoms with Gasteiger partial charge in [-0.1, -0.05) is 31.2 Å². The number of nitrogens with zero attached hydrogens (tertiary/aromatic N) is 1. The Kier molecular flexibility index (Phi) is 4.55. The summed E-state index contributed by atoms with van der Waals surface area (Å²) in [5.41, 5.74) is 2.55. The van der Waals surface area contributed by atoms with Crippen molar-refractivity contribution in [1.29, 1.82) is 0 Å². The van der Waals surface area contributed by atoms with Crippen molar-refractivity contribution >= 4 is 17.7 Å². The molecule has 0 spiro atoms. The Morgan fingerprint density at radius 2 is 2.10 bits per heavy atom. The number of carbonyl (C=O) groups excluding carboxylic acids is 1. The fraction of sp³-hybridized carbons (Fsp3) is 0.588. The molecule has 0 bridgehead atoms. The SMILES string of the molecule is CCc1ccc(C2NC(C)C(=O)N2C2CCCSC2)cc1. The van der Waals surface area contributed by atoms with Gasteiger partial charge in [-0.05, 0) is 43.1 Å². The molecule has 0 saturated carbocycles. The van der Waals surface area contributed by atoms with E-state index in [0.29, 0.717) is 6.04 Å². The lowest BCUT2D eigenvalue weighted by Crippen LogP contribution is -2.42. The minimum absolute atomic E-state index is 0.0436. The summed E-state index contributed by atoms with van der Waals surface area (Å²) in [4.78, 5) is 14.7. The zero-order valence-electron chi connectivity index (χ0n) is 12.8. The second kappa shape index (κ2) is 6.41. The van der Waals surface area contributed by atoms with Crippen LogP contribution in [0.1, 0.15) is 44.0 Å². The molecule has 2 fully saturated rings. The first-order valence-corrected chi connectivity index (χ1v) is 9.11. The second-order valence-electron chi connectivity index (χ2n) is 6.00. The predicted octanol–water partition coefficient (Wildman–Crippen LogP) is 2.96. The van der Waals surface area contributed by atoms with Crippen LogP contribution in [-0.2, 0) is 11.2 Å². The molecule has 3 rings (SSSR count). The van der Waals surface area contributed by atoms with Crippen LogP contribution in [0.15, 0.2) is 24.3 Å². The van der Waals surface area contributed by atoms with Crippen molar-refractivity contribution in [3.63, 3.8) is 0 Å². The van der Waals surface area contributed by atoms with Gasteiger partial charge in [0.15, 0.2) is 0 Å². The molecule has 0 radical (unpaired) electrons. The quantitative estimate of drug-likeness (QED) is 0.932. The molecule has 3 nitrogen and oxygen atoms in total. The number of benzene rings is 1. The van der Waals surface area contributed by atoms with Gasteiger partial charge in [-0.25, -0.2) is 0 Å². The highest BCUT2D eigenvalue weighted by molar-refractivity contribution is 7.99. The summed E-state index contributed by atoms with van der Waals surface area (Å²) in [7, 11) is 0. The average Bonchev–Trinajstić information content (AvgIpc) is 2.84. The zero-order chi connectivity index (χ0) is 14.8. The first-order valence-electron chi connectivity index (χ1n) is 7.95. The van der Waals surface area contributed by atoms with Crippen LogP contribution in [0, 0.1) is 0 Å². The van der Waals surface area contributed by atoms with E-state index in [-0.39, 0.29) is 18.1 Å². The topological polar surface area (TPSA) is 32.3 Å². The number of aryl methyl sites for hydroxylation is 1. The molecule has 4 heteroatoms. The van der Waals surface area contributed by atoms with Crippen LogP contribution in [-0.4, -0.2) is 34.4 Å². The van der Waals surface area contributed by atoms with Gasteiger partial charge in [0, 0.05) is 11.8 Å². The number of rotatable bonds is 3. The Hall–Kier alpha value is -1.00. The molecule has 1 aromatic carbocycles. The van der Waals surface area contributed by atoms with Gasteiger partial charge in [0.25, 0.3) is 0 Å². The molecule has 2 saturated heterocycles. The monoisotopic (exact) mass is 304 g/mol. The van der Waals surface area contributed by atoms with Crippen molar-refractivity contribution in [2.45, 2.75) is 51.4 Å². The van der Waals surface area contributed by atoms with Gasteiger partial charge in [0.2, 0.25) is 5.91 Å². The number of hydrogen-bond acceptors (Lipinski definition) is 3. The van der Waals surface area contributed by atoms with E-state index in [4.69, 9.17) is 0 Å². The third-order valence-electron chi connectivity index (χ3n) is 4.54. The lowest BCUT2D eigenvalue weighted by Gasteiger charge is -2.35. The van der Waals surface area contributed by atoms with Crippen LogP contribution in [0.3, 0.4) is 0 Å². The highest BCUT2D eigenvalue weighted by Gasteiger charge is 2.41. The molecule has 1 N–H and O–H groups in total. The summed E-state index contributed by atoms with van der Waals surface area (Å²) >= 11 is 1.97. The summed E-state index contributed by atoms with van der Waals surface area (Å²) in [6.07, 6.45) is 3.45. The fourth-order valence-electron chi connectivity index (χ4n) is 3.27. The van der Waals surface area contributed by atoms with Crippen LogP contribution in [0.2, 0.25) is 0 Å². The minimum Gasteiger partial charge on any atom is -0.318 e. The van der Waals surface area contributed by atoms with Gasteiger partial charge in [0.1, 0.15) is 6.17 Å². The Labute approximate surface area is 131 Å². The maximum atomic E-state index is 12.6. The van der Waals surface area contributed by atoms with E-state index in [1.54, 1.807) is 0 Å². The maximum Gasteiger partial charge on any atom is 0.241 e. The molecule has 0 aliphatic carbocycles. The normalized spacial score (nSPS) is 29.9. The van der Waals surface area contributed by atoms with Crippen LogP contribution < -0.4 is 5.32 Å². The molecular weight excluding hydrogens is 280 g/mol. The van der Waals surface area contributed by atoms with Gasteiger partial charge in [0.05, 0.1) is 6.04 Å². The second-order valence-corrected chi connectivity index (χ2v) is 7.15. The summed E-state index contributed by atoms with van der Waals surface area (Å²) in [5.74, 6) is 2.56. The number of hydrogen-bond donors (Lipinski definition) is 1. The van der Waals surface area contributed by atoms with E-state index in [9.17, 15) is 4.79 Å². The third-order valence-corrected chi connectivity index (χ3v) is 5.74. The lowest BCUT2D eigenvalue weighted by molar-refractivity contribution is -0.131. The van der Waals surface area contributed by atoms with Crippen molar-refractivity contribution in [2.24, 2.45) is 0 Å². The highest BCUT2D eigenvalue weighted by atomic mass is 32.2. The Morgan fingerprint density at radius 1 is 1.33 bits per heavy atom. The fourth-order valence-corrected chi connectivity index (χ4v) is 4.40. The van der Waals surface area contributed by atoms with E-state index in [2.05, 4.69) is 41.4 Å². The average molecular weight is 304 g/mol. The van der Waals surface area contributed by atoms with E-state index in [1.807, 2.05) is 18.7 Å². The van der Waals surface area contributed by atoms with Gasteiger partial charge >= 0.3 is 0 Å². The molecule has 114 valence electrons. The molecule has 0 aromatic heterocycles. The van der Waals surface area contributed by atoms with Crippen molar-refractivity contribution < 1.29 is 4.79 Å².